The Bertz CT molecular complexity index is 712. The largest absolute Gasteiger partial charge is 0.469 e. The minimum absolute atomic E-state index is 0.0910. The lowest BCUT2D eigenvalue weighted by Crippen LogP contribution is -2.52. The summed E-state index contributed by atoms with van der Waals surface area (Å²) in [6.45, 7) is 6.80. The normalized spacial score (nSPS) is 44.9. The molecule has 0 aromatic heterocycles. The Morgan fingerprint density at radius 2 is 2.00 bits per heavy atom. The number of ketones is 1. The summed E-state index contributed by atoms with van der Waals surface area (Å²) in [5.41, 5.74) is 1.21. The van der Waals surface area contributed by atoms with Gasteiger partial charge in [0, 0.05) is 11.8 Å². The fourth-order valence-corrected chi connectivity index (χ4v) is 7.88. The van der Waals surface area contributed by atoms with Crippen molar-refractivity contribution in [2.45, 2.75) is 84.7 Å². The van der Waals surface area contributed by atoms with Crippen LogP contribution in [-0.4, -0.2) is 30.1 Å². The maximum atomic E-state index is 13.6. The van der Waals surface area contributed by atoms with Crippen molar-refractivity contribution in [3.8, 4) is 0 Å². The summed E-state index contributed by atoms with van der Waals surface area (Å²) < 4.78 is 4.82. The SMILES string of the molecule is COC(=O)CCC(C)C1CCC2C3CCC4C[C@H](O)CCC4(C)C3=CC(=O)C12C. The summed E-state index contributed by atoms with van der Waals surface area (Å²) in [6.07, 6.45) is 10.4. The molecule has 4 heteroatoms. The van der Waals surface area contributed by atoms with E-state index in [0.29, 0.717) is 41.8 Å². The van der Waals surface area contributed by atoms with Crippen molar-refractivity contribution in [3.05, 3.63) is 11.6 Å². The zero-order valence-electron chi connectivity index (χ0n) is 18.6. The molecule has 0 bridgehead atoms. The molecule has 0 heterocycles. The number of hydrogen-bond acceptors (Lipinski definition) is 4. The van der Waals surface area contributed by atoms with Crippen molar-refractivity contribution < 1.29 is 19.4 Å². The number of hydrogen-bond donors (Lipinski definition) is 1. The Hall–Kier alpha value is -1.16. The van der Waals surface area contributed by atoms with Crippen LogP contribution in [0.2, 0.25) is 0 Å². The van der Waals surface area contributed by atoms with Gasteiger partial charge in [-0.3, -0.25) is 9.59 Å². The van der Waals surface area contributed by atoms with Crippen LogP contribution in [-0.2, 0) is 14.3 Å². The molecule has 4 aliphatic carbocycles. The van der Waals surface area contributed by atoms with E-state index in [0.717, 1.165) is 44.9 Å². The molecular weight excluding hydrogens is 364 g/mol. The maximum absolute atomic E-state index is 13.6. The third-order valence-corrected chi connectivity index (χ3v) is 9.69. The Kier molecular flexibility index (Phi) is 5.46. The summed E-state index contributed by atoms with van der Waals surface area (Å²) in [4.78, 5) is 25.2. The van der Waals surface area contributed by atoms with E-state index in [-0.39, 0.29) is 22.9 Å². The lowest BCUT2D eigenvalue weighted by molar-refractivity contribution is -0.141. The number of esters is 1. The van der Waals surface area contributed by atoms with E-state index in [2.05, 4.69) is 26.8 Å². The Morgan fingerprint density at radius 1 is 1.24 bits per heavy atom. The van der Waals surface area contributed by atoms with Gasteiger partial charge in [-0.25, -0.2) is 0 Å². The molecule has 3 fully saturated rings. The zero-order valence-corrected chi connectivity index (χ0v) is 18.6. The van der Waals surface area contributed by atoms with Crippen molar-refractivity contribution in [1.82, 2.24) is 0 Å². The van der Waals surface area contributed by atoms with Crippen molar-refractivity contribution >= 4 is 11.8 Å². The quantitative estimate of drug-likeness (QED) is 0.693. The van der Waals surface area contributed by atoms with Gasteiger partial charge in [-0.15, -0.1) is 0 Å². The summed E-state index contributed by atoms with van der Waals surface area (Å²) in [7, 11) is 1.44. The second-order valence-corrected chi connectivity index (χ2v) is 10.9. The van der Waals surface area contributed by atoms with Gasteiger partial charge in [-0.1, -0.05) is 26.3 Å². The van der Waals surface area contributed by atoms with Gasteiger partial charge in [0.05, 0.1) is 13.2 Å². The van der Waals surface area contributed by atoms with Crippen LogP contribution in [0.1, 0.15) is 78.6 Å². The highest BCUT2D eigenvalue weighted by Crippen LogP contribution is 2.65. The fraction of sp³-hybridized carbons (Fsp3) is 0.840. The molecule has 162 valence electrons. The van der Waals surface area contributed by atoms with Crippen LogP contribution in [0.25, 0.3) is 0 Å². The van der Waals surface area contributed by atoms with Crippen LogP contribution in [0.3, 0.4) is 0 Å². The highest BCUT2D eigenvalue weighted by Gasteiger charge is 2.60. The molecule has 0 aromatic rings. The molecule has 4 rings (SSSR count). The molecule has 8 atom stereocenters. The second kappa shape index (κ2) is 7.51. The van der Waals surface area contributed by atoms with E-state index in [1.807, 2.05) is 0 Å². The van der Waals surface area contributed by atoms with Gasteiger partial charge in [0.25, 0.3) is 0 Å². The predicted molar refractivity (Wildman–Crippen MR) is 112 cm³/mol. The van der Waals surface area contributed by atoms with Gasteiger partial charge in [-0.05, 0) is 92.4 Å². The molecule has 0 aromatic carbocycles. The first kappa shape index (κ1) is 21.1. The molecule has 0 saturated heterocycles. The molecule has 0 aliphatic heterocycles. The molecule has 3 saturated carbocycles. The number of methoxy groups -OCH3 is 1. The van der Waals surface area contributed by atoms with Crippen molar-refractivity contribution in [2.75, 3.05) is 7.11 Å². The highest BCUT2D eigenvalue weighted by molar-refractivity contribution is 5.97. The van der Waals surface area contributed by atoms with E-state index >= 15 is 0 Å². The molecular formula is C25H38O4. The summed E-state index contributed by atoms with van der Waals surface area (Å²) in [6, 6.07) is 0. The number of carbonyl (C=O) groups excluding carboxylic acids is 2. The van der Waals surface area contributed by atoms with E-state index in [9.17, 15) is 14.7 Å². The van der Waals surface area contributed by atoms with E-state index in [1.165, 1.54) is 19.1 Å². The predicted octanol–water partition coefficient (Wildman–Crippen LogP) is 4.69. The second-order valence-electron chi connectivity index (χ2n) is 10.9. The highest BCUT2D eigenvalue weighted by atomic mass is 16.5. The number of aliphatic hydroxyl groups excluding tert-OH is 1. The topological polar surface area (TPSA) is 63.6 Å². The number of allylic oxidation sites excluding steroid dienone is 2. The monoisotopic (exact) mass is 402 g/mol. The van der Waals surface area contributed by atoms with Crippen LogP contribution in [0, 0.1) is 40.4 Å². The molecule has 0 amide bonds. The average molecular weight is 403 g/mol. The number of carbonyl (C=O) groups is 2. The molecule has 4 nitrogen and oxygen atoms in total. The van der Waals surface area contributed by atoms with E-state index < -0.39 is 0 Å². The molecule has 4 aliphatic rings. The number of rotatable bonds is 4. The third-order valence-electron chi connectivity index (χ3n) is 9.69. The molecule has 7 unspecified atom stereocenters. The Labute approximate surface area is 175 Å². The number of fused-ring (bicyclic) bond motifs is 5. The van der Waals surface area contributed by atoms with Gasteiger partial charge in [0.1, 0.15) is 0 Å². The first-order chi connectivity index (χ1) is 13.7. The first-order valence-electron chi connectivity index (χ1n) is 11.7. The van der Waals surface area contributed by atoms with Crippen molar-refractivity contribution in [2.24, 2.45) is 40.4 Å². The number of aliphatic hydroxyl groups is 1. The van der Waals surface area contributed by atoms with Crippen LogP contribution < -0.4 is 0 Å². The molecule has 0 radical (unpaired) electrons. The minimum Gasteiger partial charge on any atom is -0.469 e. The summed E-state index contributed by atoms with van der Waals surface area (Å²) >= 11 is 0. The first-order valence-corrected chi connectivity index (χ1v) is 11.7. The maximum Gasteiger partial charge on any atom is 0.305 e. The van der Waals surface area contributed by atoms with E-state index in [4.69, 9.17) is 4.74 Å². The van der Waals surface area contributed by atoms with Crippen molar-refractivity contribution in [1.29, 1.82) is 0 Å². The van der Waals surface area contributed by atoms with Gasteiger partial charge >= 0.3 is 5.97 Å². The smallest absolute Gasteiger partial charge is 0.305 e. The average Bonchev–Trinajstić information content (AvgIpc) is 3.06. The van der Waals surface area contributed by atoms with Gasteiger partial charge in [0.2, 0.25) is 0 Å². The van der Waals surface area contributed by atoms with E-state index in [1.54, 1.807) is 0 Å². The van der Waals surface area contributed by atoms with Gasteiger partial charge < -0.3 is 9.84 Å². The zero-order chi connectivity index (χ0) is 21.0. The fourth-order valence-electron chi connectivity index (χ4n) is 7.88. The third kappa shape index (κ3) is 3.21. The van der Waals surface area contributed by atoms with Crippen LogP contribution in [0.5, 0.6) is 0 Å². The molecule has 0 spiro atoms. The van der Waals surface area contributed by atoms with Gasteiger partial charge in [0.15, 0.2) is 5.78 Å². The van der Waals surface area contributed by atoms with Crippen LogP contribution >= 0.6 is 0 Å². The number of ether oxygens (including phenoxy) is 1. The lowest BCUT2D eigenvalue weighted by Gasteiger charge is -2.56. The summed E-state index contributed by atoms with van der Waals surface area (Å²) in [5.74, 6) is 2.34. The Morgan fingerprint density at radius 3 is 2.72 bits per heavy atom. The standard InChI is InChI=1S/C25H38O4/c1-15(5-10-23(28)29-4)19-8-9-20-18-7-6-16-13-17(26)11-12-24(16,2)21(18)14-22(27)25(19,20)3/h14-20,26H,5-13H2,1-4H3/t15?,16?,17-,18?,19?,20?,24?,25?/m1/s1. The summed E-state index contributed by atoms with van der Waals surface area (Å²) in [5, 5.41) is 10.2. The minimum atomic E-state index is -0.291. The lowest BCUT2D eigenvalue weighted by atomic mass is 9.48. The molecule has 1 N–H and O–H groups in total. The van der Waals surface area contributed by atoms with Crippen LogP contribution in [0.15, 0.2) is 11.6 Å². The molecule has 29 heavy (non-hydrogen) atoms. The van der Waals surface area contributed by atoms with Gasteiger partial charge in [-0.2, -0.15) is 0 Å². The Balaban J connectivity index is 1.60. The van der Waals surface area contributed by atoms with Crippen LogP contribution in [0.4, 0.5) is 0 Å². The van der Waals surface area contributed by atoms with Crippen molar-refractivity contribution in [3.63, 3.8) is 0 Å².